The van der Waals surface area contributed by atoms with Gasteiger partial charge in [-0.1, -0.05) is 260 Å². The summed E-state index contributed by atoms with van der Waals surface area (Å²) in [4.78, 5) is 11.2. The Labute approximate surface area is 627 Å². The molecule has 0 amide bonds. The summed E-state index contributed by atoms with van der Waals surface area (Å²) in [6.07, 6.45) is 0. The van der Waals surface area contributed by atoms with E-state index in [-0.39, 0.29) is 16.2 Å². The van der Waals surface area contributed by atoms with Crippen LogP contribution in [-0.4, -0.2) is 23.7 Å². The molecule has 0 atom stereocenters. The number of benzene rings is 15. The van der Waals surface area contributed by atoms with Crippen LogP contribution in [0, 0.1) is 0 Å². The van der Waals surface area contributed by atoms with Gasteiger partial charge in [-0.3, -0.25) is 0 Å². The van der Waals surface area contributed by atoms with Crippen LogP contribution in [-0.2, 0) is 16.2 Å². The van der Waals surface area contributed by atoms with Crippen LogP contribution in [0.3, 0.4) is 0 Å². The minimum Gasteiger partial charge on any atom is -0.309 e. The Balaban J connectivity index is 0.660. The second kappa shape index (κ2) is 22.9. The molecule has 3 aliphatic rings. The van der Waals surface area contributed by atoms with Crippen LogP contribution in [0.1, 0.15) is 74.9 Å². The summed E-state index contributed by atoms with van der Waals surface area (Å²) >= 11 is 0. The van der Waals surface area contributed by atoms with Crippen LogP contribution in [0.15, 0.2) is 334 Å². The van der Waals surface area contributed by atoms with Crippen molar-refractivity contribution in [2.45, 2.75) is 57.8 Å². The number of para-hydroxylation sites is 3. The van der Waals surface area contributed by atoms with Crippen molar-refractivity contribution in [1.29, 1.82) is 0 Å². The van der Waals surface area contributed by atoms with E-state index in [9.17, 15) is 0 Å². The molecule has 0 spiro atoms. The highest BCUT2D eigenvalue weighted by Crippen LogP contribution is 2.54. The van der Waals surface area contributed by atoms with Gasteiger partial charge in [0.05, 0.1) is 44.5 Å². The number of rotatable bonds is 9. The molecule has 4 aromatic heterocycles. The van der Waals surface area contributed by atoms with Gasteiger partial charge in [-0.15, -0.1) is 0 Å². The number of nitrogens with zero attached hydrogens (tertiary/aromatic N) is 5. The number of aromatic nitrogens is 5. The Bertz CT molecular complexity index is 6800. The summed E-state index contributed by atoms with van der Waals surface area (Å²) < 4.78 is 7.25. The first-order valence-corrected chi connectivity index (χ1v) is 37.8. The molecule has 0 N–H and O–H groups in total. The van der Waals surface area contributed by atoms with E-state index in [1.54, 1.807) is 0 Å². The van der Waals surface area contributed by atoms with Crippen molar-refractivity contribution >= 4 is 65.4 Å². The zero-order valence-corrected chi connectivity index (χ0v) is 61.0. The molecule has 0 fully saturated rings. The molecule has 510 valence electrons. The maximum atomic E-state index is 5.64. The van der Waals surface area contributed by atoms with Gasteiger partial charge >= 0.3 is 0 Å². The lowest BCUT2D eigenvalue weighted by Gasteiger charge is -2.22. The van der Waals surface area contributed by atoms with Crippen molar-refractivity contribution in [3.05, 3.63) is 367 Å². The largest absolute Gasteiger partial charge is 0.309 e. The lowest BCUT2D eigenvalue weighted by Crippen LogP contribution is -2.14. The van der Waals surface area contributed by atoms with Crippen molar-refractivity contribution in [3.63, 3.8) is 0 Å². The molecule has 15 aromatic carbocycles. The van der Waals surface area contributed by atoms with Crippen LogP contribution >= 0.6 is 0 Å². The van der Waals surface area contributed by atoms with Gasteiger partial charge in [0, 0.05) is 82.3 Å². The molecule has 0 aliphatic heterocycles. The van der Waals surface area contributed by atoms with Gasteiger partial charge in [0.1, 0.15) is 0 Å². The summed E-state index contributed by atoms with van der Waals surface area (Å²) in [7, 11) is 0. The molecule has 3 aliphatic carbocycles. The van der Waals surface area contributed by atoms with Crippen molar-refractivity contribution in [3.8, 4) is 118 Å². The van der Waals surface area contributed by atoms with Gasteiger partial charge in [0.15, 0.2) is 5.82 Å². The number of hydrogen-bond acceptors (Lipinski definition) is 2. The Morgan fingerprint density at radius 3 is 0.917 bits per heavy atom. The van der Waals surface area contributed by atoms with E-state index < -0.39 is 0 Å². The van der Waals surface area contributed by atoms with Crippen LogP contribution in [0.2, 0.25) is 0 Å². The normalized spacial score (nSPS) is 14.1. The molecule has 0 bridgehead atoms. The topological polar surface area (TPSA) is 40.6 Å². The highest BCUT2D eigenvalue weighted by Gasteiger charge is 2.38. The fraction of sp³-hybridized carbons (Fsp3) is 0.0874. The second-order valence-corrected chi connectivity index (χ2v) is 31.7. The molecule has 0 saturated carbocycles. The maximum absolute atomic E-state index is 5.64. The Kier molecular flexibility index (Phi) is 13.2. The third-order valence-electron chi connectivity index (χ3n) is 24.7. The number of hydrogen-bond donors (Lipinski definition) is 0. The first-order chi connectivity index (χ1) is 52.8. The molecule has 19 aromatic rings. The van der Waals surface area contributed by atoms with Gasteiger partial charge < -0.3 is 13.7 Å². The zero-order valence-electron chi connectivity index (χ0n) is 61.0. The zero-order chi connectivity index (χ0) is 72.1. The van der Waals surface area contributed by atoms with E-state index in [1.165, 1.54) is 132 Å². The SMILES string of the molecule is CC1(C)c2ccccc2-c2ccc(-c3ccc4c(c3)c3ccccc3n4-c3ccc(-c4cc(-c5cccc(-n6c7ccccc7c7cc(-c8ccc9c(c8)C(C)(C)c8ccccc8-9)ccc76)c5)nc(-c5cccc(-n6c7ccccc7c7cc(-c8ccc9c(c8)C(C)(C)c8ccccc8-9)ccc76)c5)n4)cc3)cc21. The summed E-state index contributed by atoms with van der Waals surface area (Å²) in [6.45, 7) is 14.2. The quantitative estimate of drug-likeness (QED) is 0.144. The van der Waals surface area contributed by atoms with Gasteiger partial charge in [0.2, 0.25) is 0 Å². The van der Waals surface area contributed by atoms with Crippen molar-refractivity contribution < 1.29 is 0 Å². The Hall–Kier alpha value is -13.2. The second-order valence-electron chi connectivity index (χ2n) is 31.7. The molecule has 0 saturated heterocycles. The first-order valence-electron chi connectivity index (χ1n) is 37.8. The Morgan fingerprint density at radius 1 is 0.194 bits per heavy atom. The summed E-state index contributed by atoms with van der Waals surface area (Å²) in [6, 6.07) is 124. The molecule has 0 radical (unpaired) electrons. The lowest BCUT2D eigenvalue weighted by atomic mass is 9.81. The maximum Gasteiger partial charge on any atom is 0.160 e. The summed E-state index contributed by atoms with van der Waals surface area (Å²) in [5.41, 5.74) is 37.9. The minimum atomic E-state index is -0.0974. The van der Waals surface area contributed by atoms with Crippen LogP contribution in [0.5, 0.6) is 0 Å². The Morgan fingerprint density at radius 2 is 0.500 bits per heavy atom. The van der Waals surface area contributed by atoms with Gasteiger partial charge in [-0.05, 0) is 215 Å². The molecule has 22 rings (SSSR count). The molecular formula is C103H73N5. The van der Waals surface area contributed by atoms with Gasteiger partial charge in [-0.2, -0.15) is 0 Å². The molecule has 108 heavy (non-hydrogen) atoms. The van der Waals surface area contributed by atoms with E-state index in [1.807, 2.05) is 0 Å². The third kappa shape index (κ3) is 9.12. The van der Waals surface area contributed by atoms with E-state index in [0.29, 0.717) is 5.82 Å². The van der Waals surface area contributed by atoms with Gasteiger partial charge in [0.25, 0.3) is 0 Å². The van der Waals surface area contributed by atoms with Crippen LogP contribution < -0.4 is 0 Å². The molecule has 5 heteroatoms. The van der Waals surface area contributed by atoms with Gasteiger partial charge in [-0.25, -0.2) is 9.97 Å². The molecule has 4 heterocycles. The van der Waals surface area contributed by atoms with Crippen molar-refractivity contribution in [2.24, 2.45) is 0 Å². The average Bonchev–Trinajstić information content (AvgIpc) is 1.58. The van der Waals surface area contributed by atoms with E-state index in [2.05, 4.69) is 389 Å². The van der Waals surface area contributed by atoms with E-state index in [4.69, 9.17) is 9.97 Å². The summed E-state index contributed by atoms with van der Waals surface area (Å²) in [5.74, 6) is 0.640. The predicted molar refractivity (Wildman–Crippen MR) is 450 cm³/mol. The third-order valence-corrected chi connectivity index (χ3v) is 24.7. The average molecular weight is 1380 g/mol. The lowest BCUT2D eigenvalue weighted by molar-refractivity contribution is 0.660. The first kappa shape index (κ1) is 62.2. The molecule has 5 nitrogen and oxygen atoms in total. The monoisotopic (exact) mass is 1380 g/mol. The van der Waals surface area contributed by atoms with Crippen LogP contribution in [0.4, 0.5) is 0 Å². The van der Waals surface area contributed by atoms with E-state index in [0.717, 1.165) is 78.2 Å². The standard InChI is InChI=1S/C103H73N5/c1-101(2)86-31-13-7-25-74(86)77-47-39-66(58-89(77)101)63-42-50-97-83(55-63)80-28-10-16-34-94(80)106(97)71-45-37-62(38-46-71)92-61-93(69-21-19-23-72(53-69)107-95-35-17-11-29-81(95)84-56-64(43-51-98(84)107)67-40-48-78-75-26-8-14-32-87(75)102(3,4)90(78)59-67)105-100(104-92)70-22-20-24-73(54-70)108-96-36-18-12-30-82(96)85-57-65(44-52-99(85)108)68-41-49-79-76-27-9-15-33-88(76)103(5,6)91(79)60-68/h7-61H,1-6H3. The van der Waals surface area contributed by atoms with Crippen LogP contribution in [0.25, 0.3) is 183 Å². The van der Waals surface area contributed by atoms with Crippen molar-refractivity contribution in [1.82, 2.24) is 23.7 Å². The predicted octanol–water partition coefficient (Wildman–Crippen LogP) is 26.7. The van der Waals surface area contributed by atoms with Crippen molar-refractivity contribution in [2.75, 3.05) is 0 Å². The summed E-state index contributed by atoms with van der Waals surface area (Å²) in [5, 5.41) is 7.26. The minimum absolute atomic E-state index is 0.0882. The number of fused-ring (bicyclic) bond motifs is 18. The highest BCUT2D eigenvalue weighted by molar-refractivity contribution is 6.13. The fourth-order valence-electron chi connectivity index (χ4n) is 19.2. The smallest absolute Gasteiger partial charge is 0.160 e. The van der Waals surface area contributed by atoms with E-state index >= 15 is 0 Å². The molecule has 0 unspecified atom stereocenters. The fourth-order valence-corrected chi connectivity index (χ4v) is 19.2. The molecular weight excluding hydrogens is 1310 g/mol. The highest BCUT2D eigenvalue weighted by atomic mass is 15.0.